The summed E-state index contributed by atoms with van der Waals surface area (Å²) in [4.78, 5) is 34.4. The maximum Gasteiger partial charge on any atom is 0.494 e. The highest BCUT2D eigenvalue weighted by Crippen LogP contribution is 2.37. The minimum Gasteiger partial charge on any atom is -0.465 e. The average molecular weight is 496 g/mol. The molecule has 194 valence electrons. The Morgan fingerprint density at radius 2 is 1.78 bits per heavy atom. The maximum atomic E-state index is 13.4. The van der Waals surface area contributed by atoms with Gasteiger partial charge >= 0.3 is 13.2 Å². The van der Waals surface area contributed by atoms with E-state index in [4.69, 9.17) is 9.31 Å². The Hall–Kier alpha value is -2.85. The molecule has 2 aliphatic rings. The van der Waals surface area contributed by atoms with E-state index in [1.165, 1.54) is 0 Å². The lowest BCUT2D eigenvalue weighted by atomic mass is 9.79. The van der Waals surface area contributed by atoms with Crippen LogP contribution in [0.3, 0.4) is 0 Å². The van der Waals surface area contributed by atoms with Crippen LogP contribution < -0.4 is 10.8 Å². The Labute approximate surface area is 213 Å². The molecule has 0 radical (unpaired) electrons. The third-order valence-electron chi connectivity index (χ3n) is 7.57. The van der Waals surface area contributed by atoms with E-state index in [-0.39, 0.29) is 11.9 Å². The molecule has 2 aromatic rings. The van der Waals surface area contributed by atoms with Crippen molar-refractivity contribution < 1.29 is 24.0 Å². The number of carboxylic acid groups (broad SMARTS) is 1. The number of imidazole rings is 1. The summed E-state index contributed by atoms with van der Waals surface area (Å²) in [5.41, 5.74) is 1.40. The second-order valence-corrected chi connectivity index (χ2v) is 11.8. The minimum absolute atomic E-state index is 0.225. The zero-order valence-electron chi connectivity index (χ0n) is 22.2. The van der Waals surface area contributed by atoms with Crippen LogP contribution in [0.25, 0.3) is 11.3 Å². The Balaban J connectivity index is 1.50. The first kappa shape index (κ1) is 26.2. The lowest BCUT2D eigenvalue weighted by Gasteiger charge is -2.34. The van der Waals surface area contributed by atoms with Crippen molar-refractivity contribution >= 4 is 24.6 Å². The lowest BCUT2D eigenvalue weighted by Crippen LogP contribution is -2.54. The SMILES string of the molecule is CC(C)(C)[C@H](NC(=O)O)C(=O)N1CCC[C@H]1c1ncc(-c2ccc(B3OC(C)(C)C(C)(C)O3)cc2)[nH]1. The number of nitrogens with zero attached hydrogens (tertiary/aromatic N) is 2. The first-order valence-electron chi connectivity index (χ1n) is 12.5. The van der Waals surface area contributed by atoms with Gasteiger partial charge in [0.25, 0.3) is 0 Å². The van der Waals surface area contributed by atoms with Gasteiger partial charge < -0.3 is 29.6 Å². The monoisotopic (exact) mass is 496 g/mol. The molecule has 0 unspecified atom stereocenters. The van der Waals surface area contributed by atoms with Crippen LogP contribution in [0.15, 0.2) is 30.5 Å². The number of rotatable bonds is 5. The van der Waals surface area contributed by atoms with Crippen molar-refractivity contribution in [2.45, 2.75) is 84.6 Å². The van der Waals surface area contributed by atoms with E-state index in [0.29, 0.717) is 12.4 Å². The van der Waals surface area contributed by atoms with Gasteiger partial charge in [0.1, 0.15) is 11.9 Å². The number of likely N-dealkylation sites (tertiary alicyclic amines) is 1. The smallest absolute Gasteiger partial charge is 0.465 e. The number of carbonyl (C=O) groups excluding carboxylic acids is 1. The van der Waals surface area contributed by atoms with Gasteiger partial charge in [0.2, 0.25) is 5.91 Å². The van der Waals surface area contributed by atoms with Gasteiger partial charge in [0.15, 0.2) is 0 Å². The highest BCUT2D eigenvalue weighted by molar-refractivity contribution is 6.62. The van der Waals surface area contributed by atoms with E-state index < -0.39 is 35.9 Å². The number of benzene rings is 1. The zero-order valence-corrected chi connectivity index (χ0v) is 22.2. The van der Waals surface area contributed by atoms with Crippen LogP contribution in [-0.4, -0.2) is 62.9 Å². The summed E-state index contributed by atoms with van der Waals surface area (Å²) in [6.07, 6.45) is 2.17. The van der Waals surface area contributed by atoms with Gasteiger partial charge in [0.05, 0.1) is 29.1 Å². The van der Waals surface area contributed by atoms with Crippen molar-refractivity contribution in [3.8, 4) is 11.3 Å². The van der Waals surface area contributed by atoms with E-state index in [1.54, 1.807) is 11.1 Å². The largest absolute Gasteiger partial charge is 0.494 e. The van der Waals surface area contributed by atoms with Gasteiger partial charge in [-0.1, -0.05) is 45.0 Å². The third-order valence-corrected chi connectivity index (χ3v) is 7.57. The summed E-state index contributed by atoms with van der Waals surface area (Å²) in [5, 5.41) is 11.7. The van der Waals surface area contributed by atoms with Crippen molar-refractivity contribution in [2.24, 2.45) is 5.41 Å². The fourth-order valence-corrected chi connectivity index (χ4v) is 4.70. The second kappa shape index (κ2) is 9.23. The molecular formula is C26H37BN4O5. The molecule has 9 nitrogen and oxygen atoms in total. The van der Waals surface area contributed by atoms with Gasteiger partial charge in [-0.3, -0.25) is 4.79 Å². The van der Waals surface area contributed by atoms with Crippen LogP contribution in [0.1, 0.15) is 73.2 Å². The molecular weight excluding hydrogens is 459 g/mol. The highest BCUT2D eigenvalue weighted by atomic mass is 16.7. The molecule has 10 heteroatoms. The van der Waals surface area contributed by atoms with Gasteiger partial charge in [0, 0.05) is 6.54 Å². The summed E-state index contributed by atoms with van der Waals surface area (Å²) in [6.45, 7) is 14.3. The Kier molecular flexibility index (Phi) is 6.72. The lowest BCUT2D eigenvalue weighted by molar-refractivity contribution is -0.137. The molecule has 3 heterocycles. The van der Waals surface area contributed by atoms with E-state index in [2.05, 4.69) is 15.3 Å². The number of carbonyl (C=O) groups is 2. The number of hydrogen-bond donors (Lipinski definition) is 3. The van der Waals surface area contributed by atoms with E-state index in [9.17, 15) is 14.7 Å². The molecule has 0 bridgehead atoms. The van der Waals surface area contributed by atoms with E-state index >= 15 is 0 Å². The van der Waals surface area contributed by atoms with Gasteiger partial charge in [-0.2, -0.15) is 0 Å². The maximum absolute atomic E-state index is 13.4. The fraction of sp³-hybridized carbons (Fsp3) is 0.577. The minimum atomic E-state index is -1.21. The predicted octanol–water partition coefficient (Wildman–Crippen LogP) is 3.72. The van der Waals surface area contributed by atoms with Crippen molar-refractivity contribution in [3.05, 3.63) is 36.3 Å². The van der Waals surface area contributed by atoms with Gasteiger partial charge in [-0.15, -0.1) is 0 Å². The molecule has 3 N–H and O–H groups in total. The molecule has 0 aliphatic carbocycles. The van der Waals surface area contributed by atoms with Gasteiger partial charge in [-0.05, 0) is 57.0 Å². The van der Waals surface area contributed by atoms with Crippen LogP contribution in [0.4, 0.5) is 4.79 Å². The van der Waals surface area contributed by atoms with Crippen LogP contribution in [0.2, 0.25) is 0 Å². The standard InChI is InChI=1S/C26H37BN4O5/c1-24(2,3)20(30-23(33)34)22(32)31-14-8-9-19(31)21-28-15-18(29-21)16-10-12-17(13-11-16)27-35-25(4,5)26(6,7)36-27/h10-13,15,19-20,30H,8-9,14H2,1-7H3,(H,28,29)(H,33,34)/t19-,20+/m0/s1. The second-order valence-electron chi connectivity index (χ2n) is 11.8. The predicted molar refractivity (Wildman–Crippen MR) is 138 cm³/mol. The molecule has 36 heavy (non-hydrogen) atoms. The Bertz CT molecular complexity index is 1110. The third kappa shape index (κ3) is 5.02. The number of hydrogen-bond acceptors (Lipinski definition) is 5. The Morgan fingerprint density at radius 3 is 2.33 bits per heavy atom. The number of nitrogens with one attached hydrogen (secondary N) is 2. The zero-order chi connectivity index (χ0) is 26.5. The van der Waals surface area contributed by atoms with Crippen LogP contribution in [-0.2, 0) is 14.1 Å². The highest BCUT2D eigenvalue weighted by Gasteiger charge is 2.51. The molecule has 0 spiro atoms. The van der Waals surface area contributed by atoms with Crippen molar-refractivity contribution in [2.75, 3.05) is 6.54 Å². The van der Waals surface area contributed by atoms with Crippen molar-refractivity contribution in [3.63, 3.8) is 0 Å². The first-order chi connectivity index (χ1) is 16.7. The van der Waals surface area contributed by atoms with Crippen LogP contribution in [0, 0.1) is 5.41 Å². The normalized spacial score (nSPS) is 22.0. The van der Waals surface area contributed by atoms with Crippen LogP contribution in [0.5, 0.6) is 0 Å². The van der Waals surface area contributed by atoms with Crippen molar-refractivity contribution in [1.29, 1.82) is 0 Å². The summed E-state index contributed by atoms with van der Waals surface area (Å²) in [7, 11) is -0.422. The number of amides is 2. The molecule has 2 aliphatic heterocycles. The van der Waals surface area contributed by atoms with Crippen molar-refractivity contribution in [1.82, 2.24) is 20.2 Å². The van der Waals surface area contributed by atoms with E-state index in [0.717, 1.165) is 29.6 Å². The van der Waals surface area contributed by atoms with E-state index in [1.807, 2.05) is 72.7 Å². The summed E-state index contributed by atoms with van der Waals surface area (Å²) in [5.74, 6) is 0.478. The average Bonchev–Trinajstić information content (AvgIpc) is 3.49. The topological polar surface area (TPSA) is 117 Å². The van der Waals surface area contributed by atoms with Gasteiger partial charge in [-0.25, -0.2) is 9.78 Å². The molecule has 4 rings (SSSR count). The molecule has 0 saturated carbocycles. The summed E-state index contributed by atoms with van der Waals surface area (Å²) < 4.78 is 12.3. The Morgan fingerprint density at radius 1 is 1.17 bits per heavy atom. The first-order valence-corrected chi connectivity index (χ1v) is 12.5. The quantitative estimate of drug-likeness (QED) is 0.544. The number of H-pyrrole nitrogens is 1. The molecule has 1 aromatic heterocycles. The summed E-state index contributed by atoms with van der Waals surface area (Å²) in [6, 6.07) is 6.93. The fourth-order valence-electron chi connectivity index (χ4n) is 4.70. The number of aromatic nitrogens is 2. The van der Waals surface area contributed by atoms with Crippen LogP contribution >= 0.6 is 0 Å². The molecule has 1 aromatic carbocycles. The number of aromatic amines is 1. The molecule has 2 fully saturated rings. The molecule has 2 saturated heterocycles. The summed E-state index contributed by atoms with van der Waals surface area (Å²) >= 11 is 0. The molecule has 2 amide bonds. The molecule has 2 atom stereocenters.